The second-order valence-electron chi connectivity index (χ2n) is 6.11. The van der Waals surface area contributed by atoms with Crippen LogP contribution in [0.4, 0.5) is 0 Å². The fourth-order valence-electron chi connectivity index (χ4n) is 3.71. The Labute approximate surface area is 121 Å². The molecule has 1 aromatic rings. The van der Waals surface area contributed by atoms with E-state index in [1.54, 1.807) is 0 Å². The van der Waals surface area contributed by atoms with Gasteiger partial charge in [-0.05, 0) is 43.4 Å². The lowest BCUT2D eigenvalue weighted by atomic mass is 9.89. The number of hydrogen-bond donors (Lipinski definition) is 1. The highest BCUT2D eigenvalue weighted by atomic mass is 16.2. The molecule has 0 aromatic heterocycles. The lowest BCUT2D eigenvalue weighted by Gasteiger charge is -2.37. The van der Waals surface area contributed by atoms with Crippen LogP contribution in [0.1, 0.15) is 43.7 Å². The summed E-state index contributed by atoms with van der Waals surface area (Å²) in [6.45, 7) is 4.79. The Morgan fingerprint density at radius 2 is 2.15 bits per heavy atom. The predicted molar refractivity (Wildman–Crippen MR) is 80.4 cm³/mol. The van der Waals surface area contributed by atoms with E-state index in [0.717, 1.165) is 51.7 Å². The molecule has 0 aliphatic carbocycles. The van der Waals surface area contributed by atoms with Crippen LogP contribution >= 0.6 is 0 Å². The van der Waals surface area contributed by atoms with E-state index in [2.05, 4.69) is 41.4 Å². The van der Waals surface area contributed by atoms with E-state index in [-0.39, 0.29) is 5.54 Å². The molecule has 108 valence electrons. The van der Waals surface area contributed by atoms with Crippen molar-refractivity contribution in [2.24, 2.45) is 0 Å². The SMILES string of the molecule is CCCC1(C(=O)N2CCc3ccccc3C2)CCCN1. The monoisotopic (exact) mass is 272 g/mol. The van der Waals surface area contributed by atoms with Gasteiger partial charge in [0.15, 0.2) is 0 Å². The Kier molecular flexibility index (Phi) is 3.79. The summed E-state index contributed by atoms with van der Waals surface area (Å²) in [7, 11) is 0. The van der Waals surface area contributed by atoms with Crippen LogP contribution in [-0.2, 0) is 17.8 Å². The third-order valence-electron chi connectivity index (χ3n) is 4.75. The summed E-state index contributed by atoms with van der Waals surface area (Å²) in [6, 6.07) is 8.51. The molecule has 0 saturated carbocycles. The molecule has 3 rings (SSSR count). The molecule has 2 heterocycles. The molecular formula is C17H24N2O. The van der Waals surface area contributed by atoms with Crippen molar-refractivity contribution in [1.29, 1.82) is 0 Å². The summed E-state index contributed by atoms with van der Waals surface area (Å²) in [4.78, 5) is 15.1. The van der Waals surface area contributed by atoms with E-state index in [0.29, 0.717) is 5.91 Å². The molecule has 1 N–H and O–H groups in total. The minimum absolute atomic E-state index is 0.277. The van der Waals surface area contributed by atoms with Gasteiger partial charge in [-0.15, -0.1) is 0 Å². The van der Waals surface area contributed by atoms with Crippen molar-refractivity contribution in [3.05, 3.63) is 35.4 Å². The van der Waals surface area contributed by atoms with Gasteiger partial charge in [0, 0.05) is 13.1 Å². The van der Waals surface area contributed by atoms with E-state index in [4.69, 9.17) is 0 Å². The first-order valence-corrected chi connectivity index (χ1v) is 7.86. The highest BCUT2D eigenvalue weighted by Gasteiger charge is 2.42. The number of fused-ring (bicyclic) bond motifs is 1. The van der Waals surface area contributed by atoms with Crippen LogP contribution in [0, 0.1) is 0 Å². The molecule has 20 heavy (non-hydrogen) atoms. The zero-order valence-corrected chi connectivity index (χ0v) is 12.3. The van der Waals surface area contributed by atoms with E-state index in [1.807, 2.05) is 0 Å². The van der Waals surface area contributed by atoms with Gasteiger partial charge in [0.25, 0.3) is 0 Å². The molecule has 2 aliphatic heterocycles. The third-order valence-corrected chi connectivity index (χ3v) is 4.75. The molecule has 1 saturated heterocycles. The van der Waals surface area contributed by atoms with Crippen LogP contribution in [0.2, 0.25) is 0 Å². The molecule has 3 heteroatoms. The van der Waals surface area contributed by atoms with Crippen LogP contribution in [-0.4, -0.2) is 29.4 Å². The number of carbonyl (C=O) groups is 1. The van der Waals surface area contributed by atoms with Crippen molar-refractivity contribution >= 4 is 5.91 Å². The minimum atomic E-state index is -0.277. The molecule has 1 unspecified atom stereocenters. The Balaban J connectivity index is 1.78. The van der Waals surface area contributed by atoms with E-state index in [1.165, 1.54) is 11.1 Å². The summed E-state index contributed by atoms with van der Waals surface area (Å²) in [6.07, 6.45) is 5.13. The smallest absolute Gasteiger partial charge is 0.243 e. The van der Waals surface area contributed by atoms with Crippen molar-refractivity contribution in [2.45, 2.75) is 51.1 Å². The maximum absolute atomic E-state index is 13.0. The first-order chi connectivity index (χ1) is 9.75. The van der Waals surface area contributed by atoms with Crippen molar-refractivity contribution in [1.82, 2.24) is 10.2 Å². The normalized spacial score (nSPS) is 25.6. The Morgan fingerprint density at radius 3 is 2.85 bits per heavy atom. The van der Waals surface area contributed by atoms with Crippen LogP contribution in [0.25, 0.3) is 0 Å². The fourth-order valence-corrected chi connectivity index (χ4v) is 3.71. The summed E-state index contributed by atoms with van der Waals surface area (Å²) < 4.78 is 0. The molecule has 1 atom stereocenters. The average molecular weight is 272 g/mol. The highest BCUT2D eigenvalue weighted by molar-refractivity contribution is 5.87. The summed E-state index contributed by atoms with van der Waals surface area (Å²) in [5.74, 6) is 0.325. The van der Waals surface area contributed by atoms with E-state index in [9.17, 15) is 4.79 Å². The number of benzene rings is 1. The van der Waals surface area contributed by atoms with Gasteiger partial charge in [0.05, 0.1) is 5.54 Å². The Bertz CT molecular complexity index is 492. The van der Waals surface area contributed by atoms with Gasteiger partial charge in [0.2, 0.25) is 5.91 Å². The maximum Gasteiger partial charge on any atom is 0.243 e. The zero-order valence-electron chi connectivity index (χ0n) is 12.3. The van der Waals surface area contributed by atoms with Gasteiger partial charge >= 0.3 is 0 Å². The van der Waals surface area contributed by atoms with Gasteiger partial charge in [-0.2, -0.15) is 0 Å². The molecular weight excluding hydrogens is 248 g/mol. The molecule has 1 aromatic carbocycles. The van der Waals surface area contributed by atoms with Gasteiger partial charge < -0.3 is 10.2 Å². The number of nitrogens with one attached hydrogen (secondary N) is 1. The fraction of sp³-hybridized carbons (Fsp3) is 0.588. The van der Waals surface area contributed by atoms with E-state index < -0.39 is 0 Å². The molecule has 0 bridgehead atoms. The number of carbonyl (C=O) groups excluding carboxylic acids is 1. The number of hydrogen-bond acceptors (Lipinski definition) is 2. The lowest BCUT2D eigenvalue weighted by molar-refractivity contribution is -0.139. The van der Waals surface area contributed by atoms with Crippen molar-refractivity contribution in [3.63, 3.8) is 0 Å². The molecule has 1 fully saturated rings. The summed E-state index contributed by atoms with van der Waals surface area (Å²) in [5.41, 5.74) is 2.44. The van der Waals surface area contributed by atoms with Gasteiger partial charge in [0.1, 0.15) is 0 Å². The second-order valence-corrected chi connectivity index (χ2v) is 6.11. The van der Waals surface area contributed by atoms with Crippen LogP contribution in [0.5, 0.6) is 0 Å². The first-order valence-electron chi connectivity index (χ1n) is 7.86. The zero-order chi connectivity index (χ0) is 14.0. The standard InChI is InChI=1S/C17H24N2O/c1-2-9-17(10-5-11-18-17)16(20)19-12-8-14-6-3-4-7-15(14)13-19/h3-4,6-7,18H,2,5,8-13H2,1H3. The lowest BCUT2D eigenvalue weighted by Crippen LogP contribution is -2.55. The van der Waals surface area contributed by atoms with Crippen molar-refractivity contribution < 1.29 is 4.79 Å². The molecule has 0 spiro atoms. The number of amides is 1. The van der Waals surface area contributed by atoms with Gasteiger partial charge in [-0.25, -0.2) is 0 Å². The molecule has 1 amide bonds. The number of nitrogens with zero attached hydrogens (tertiary/aromatic N) is 1. The molecule has 3 nitrogen and oxygen atoms in total. The van der Waals surface area contributed by atoms with Crippen LogP contribution in [0.3, 0.4) is 0 Å². The van der Waals surface area contributed by atoms with Crippen LogP contribution < -0.4 is 5.32 Å². The van der Waals surface area contributed by atoms with Gasteiger partial charge in [-0.3, -0.25) is 4.79 Å². The topological polar surface area (TPSA) is 32.3 Å². The quantitative estimate of drug-likeness (QED) is 0.917. The third kappa shape index (κ3) is 2.35. The van der Waals surface area contributed by atoms with Crippen molar-refractivity contribution in [2.75, 3.05) is 13.1 Å². The number of rotatable bonds is 3. The maximum atomic E-state index is 13.0. The van der Waals surface area contributed by atoms with Crippen LogP contribution in [0.15, 0.2) is 24.3 Å². The molecule has 0 radical (unpaired) electrons. The summed E-state index contributed by atoms with van der Waals surface area (Å²) in [5, 5.41) is 3.50. The second kappa shape index (κ2) is 5.57. The van der Waals surface area contributed by atoms with E-state index >= 15 is 0 Å². The largest absolute Gasteiger partial charge is 0.336 e. The Morgan fingerprint density at radius 1 is 1.35 bits per heavy atom. The Hall–Kier alpha value is -1.35. The predicted octanol–water partition coefficient (Wildman–Crippen LogP) is 2.49. The molecule has 2 aliphatic rings. The minimum Gasteiger partial charge on any atom is -0.336 e. The van der Waals surface area contributed by atoms with Crippen molar-refractivity contribution in [3.8, 4) is 0 Å². The highest BCUT2D eigenvalue weighted by Crippen LogP contribution is 2.29. The average Bonchev–Trinajstić information content (AvgIpc) is 2.96. The summed E-state index contributed by atoms with van der Waals surface area (Å²) >= 11 is 0. The first kappa shape index (κ1) is 13.6. The van der Waals surface area contributed by atoms with Gasteiger partial charge in [-0.1, -0.05) is 37.6 Å².